The summed E-state index contributed by atoms with van der Waals surface area (Å²) < 4.78 is 5.07. The van der Waals surface area contributed by atoms with E-state index in [0.717, 1.165) is 10.5 Å². The minimum Gasteiger partial charge on any atom is -0.480 e. The maximum absolute atomic E-state index is 12.0. The van der Waals surface area contributed by atoms with E-state index < -0.39 is 30.6 Å². The Balaban J connectivity index is 2.49. The highest BCUT2D eigenvalue weighted by atomic mass is 16.6. The van der Waals surface area contributed by atoms with Crippen LogP contribution in [0.2, 0.25) is 0 Å². The summed E-state index contributed by atoms with van der Waals surface area (Å²) in [6.45, 7) is -0.429. The number of carboxylic acids is 2. The van der Waals surface area contributed by atoms with E-state index in [1.54, 1.807) is 24.3 Å². The Kier molecular flexibility index (Phi) is 7.55. The van der Waals surface area contributed by atoms with Gasteiger partial charge in [-0.2, -0.15) is 0 Å². The molecule has 8 nitrogen and oxygen atoms in total. The highest BCUT2D eigenvalue weighted by Crippen LogP contribution is 2.05. The van der Waals surface area contributed by atoms with Gasteiger partial charge in [-0.3, -0.25) is 14.5 Å². The van der Waals surface area contributed by atoms with Crippen molar-refractivity contribution in [1.82, 2.24) is 4.90 Å². The van der Waals surface area contributed by atoms with Crippen molar-refractivity contribution in [3.05, 3.63) is 35.9 Å². The summed E-state index contributed by atoms with van der Waals surface area (Å²) in [4.78, 5) is 34.4. The minimum absolute atomic E-state index is 0.0322. The van der Waals surface area contributed by atoms with Crippen LogP contribution in [0.4, 0.5) is 4.79 Å². The van der Waals surface area contributed by atoms with Crippen LogP contribution in [0.1, 0.15) is 18.4 Å². The third-order valence-electron chi connectivity index (χ3n) is 3.05. The van der Waals surface area contributed by atoms with Crippen LogP contribution in [0.25, 0.3) is 0 Å². The zero-order chi connectivity index (χ0) is 17.2. The van der Waals surface area contributed by atoms with Crippen LogP contribution >= 0.6 is 0 Å². The average molecular weight is 324 g/mol. The first kappa shape index (κ1) is 18.4. The molecule has 126 valence electrons. The highest BCUT2D eigenvalue weighted by molar-refractivity contribution is 5.76. The number of carboxylic acid groups (broad SMARTS) is 2. The normalized spacial score (nSPS) is 11.5. The molecule has 1 rings (SSSR count). The Morgan fingerprint density at radius 1 is 1.17 bits per heavy atom. The van der Waals surface area contributed by atoms with Gasteiger partial charge in [0.25, 0.3) is 0 Å². The summed E-state index contributed by atoms with van der Waals surface area (Å²) in [6, 6.07) is 7.94. The highest BCUT2D eigenvalue weighted by Gasteiger charge is 2.19. The Bertz CT molecular complexity index is 534. The van der Waals surface area contributed by atoms with Crippen LogP contribution in [0.15, 0.2) is 30.3 Å². The summed E-state index contributed by atoms with van der Waals surface area (Å²) in [6.07, 6.45) is -0.362. The smallest absolute Gasteiger partial charge is 0.410 e. The number of carbonyl (C=O) groups excluding carboxylic acids is 1. The molecule has 0 aliphatic rings. The zero-order valence-electron chi connectivity index (χ0n) is 12.6. The van der Waals surface area contributed by atoms with E-state index in [1.165, 1.54) is 0 Å². The summed E-state index contributed by atoms with van der Waals surface area (Å²) in [5.41, 5.74) is 6.15. The Morgan fingerprint density at radius 2 is 1.83 bits per heavy atom. The van der Waals surface area contributed by atoms with Crippen molar-refractivity contribution in [3.63, 3.8) is 0 Å². The van der Waals surface area contributed by atoms with Crippen LogP contribution in [0.3, 0.4) is 0 Å². The second-order valence-electron chi connectivity index (χ2n) is 4.94. The molecule has 1 aromatic carbocycles. The van der Waals surface area contributed by atoms with Crippen LogP contribution < -0.4 is 5.73 Å². The molecule has 0 aromatic heterocycles. The van der Waals surface area contributed by atoms with E-state index in [4.69, 9.17) is 20.7 Å². The van der Waals surface area contributed by atoms with Gasteiger partial charge in [0.2, 0.25) is 0 Å². The second-order valence-corrected chi connectivity index (χ2v) is 4.94. The van der Waals surface area contributed by atoms with Gasteiger partial charge in [-0.15, -0.1) is 0 Å². The standard InChI is InChI=1S/C15H20N2O6/c16-12(14(20)21)7-4-8-17(9-13(18)19)15(22)23-10-11-5-2-1-3-6-11/h1-3,5-6,12H,4,7-10,16H2,(H,18,19)(H,20,21)/t12-/m0/s1. The lowest BCUT2D eigenvalue weighted by Crippen LogP contribution is -2.38. The third kappa shape index (κ3) is 7.28. The second kappa shape index (κ2) is 9.42. The van der Waals surface area contributed by atoms with Crippen LogP contribution in [-0.4, -0.2) is 52.3 Å². The van der Waals surface area contributed by atoms with E-state index >= 15 is 0 Å². The lowest BCUT2D eigenvalue weighted by atomic mass is 10.1. The molecule has 0 saturated heterocycles. The third-order valence-corrected chi connectivity index (χ3v) is 3.05. The number of benzene rings is 1. The van der Waals surface area contributed by atoms with E-state index in [0.29, 0.717) is 0 Å². The van der Waals surface area contributed by atoms with Crippen molar-refractivity contribution in [2.24, 2.45) is 5.73 Å². The predicted octanol–water partition coefficient (Wildman–Crippen LogP) is 0.902. The van der Waals surface area contributed by atoms with Crippen molar-refractivity contribution in [3.8, 4) is 0 Å². The number of hydrogen-bond acceptors (Lipinski definition) is 5. The fourth-order valence-electron chi connectivity index (χ4n) is 1.83. The molecule has 0 aliphatic carbocycles. The van der Waals surface area contributed by atoms with Crippen molar-refractivity contribution in [1.29, 1.82) is 0 Å². The molecular formula is C15H20N2O6. The van der Waals surface area contributed by atoms with Crippen molar-refractivity contribution >= 4 is 18.0 Å². The van der Waals surface area contributed by atoms with Gasteiger partial charge in [-0.05, 0) is 18.4 Å². The number of nitrogens with two attached hydrogens (primary N) is 1. The van der Waals surface area contributed by atoms with Crippen molar-refractivity contribution in [2.45, 2.75) is 25.5 Å². The fourth-order valence-corrected chi connectivity index (χ4v) is 1.83. The number of nitrogens with zero attached hydrogens (tertiary/aromatic N) is 1. The van der Waals surface area contributed by atoms with E-state index in [9.17, 15) is 14.4 Å². The fraction of sp³-hybridized carbons (Fsp3) is 0.400. The molecule has 0 bridgehead atoms. The molecule has 0 heterocycles. The molecule has 1 atom stereocenters. The maximum Gasteiger partial charge on any atom is 0.410 e. The van der Waals surface area contributed by atoms with Gasteiger partial charge < -0.3 is 20.7 Å². The van der Waals surface area contributed by atoms with E-state index in [1.807, 2.05) is 6.07 Å². The van der Waals surface area contributed by atoms with Crippen molar-refractivity contribution in [2.75, 3.05) is 13.1 Å². The monoisotopic (exact) mass is 324 g/mol. The summed E-state index contributed by atoms with van der Waals surface area (Å²) in [5, 5.41) is 17.5. The molecule has 0 spiro atoms. The number of amides is 1. The lowest BCUT2D eigenvalue weighted by molar-refractivity contribution is -0.139. The van der Waals surface area contributed by atoms with E-state index in [-0.39, 0.29) is 26.0 Å². The SMILES string of the molecule is N[C@@H](CCCN(CC(=O)O)C(=O)OCc1ccccc1)C(=O)O. The number of aliphatic carboxylic acids is 2. The topological polar surface area (TPSA) is 130 Å². The van der Waals surface area contributed by atoms with Gasteiger partial charge in [-0.25, -0.2) is 4.79 Å². The largest absolute Gasteiger partial charge is 0.480 e. The molecule has 0 saturated carbocycles. The number of ether oxygens (including phenoxy) is 1. The molecule has 1 aromatic rings. The Morgan fingerprint density at radius 3 is 2.39 bits per heavy atom. The molecule has 4 N–H and O–H groups in total. The first-order valence-electron chi connectivity index (χ1n) is 7.06. The minimum atomic E-state index is -1.18. The first-order chi connectivity index (χ1) is 10.9. The van der Waals surface area contributed by atoms with Crippen molar-refractivity contribution < 1.29 is 29.3 Å². The Labute approximate surface area is 133 Å². The molecular weight excluding hydrogens is 304 g/mol. The molecule has 8 heteroatoms. The van der Waals surface area contributed by atoms with Gasteiger partial charge >= 0.3 is 18.0 Å². The molecule has 0 unspecified atom stereocenters. The summed E-state index contributed by atoms with van der Waals surface area (Å²) in [7, 11) is 0. The molecule has 1 amide bonds. The van der Waals surface area contributed by atoms with Gasteiger partial charge in [0.15, 0.2) is 0 Å². The first-order valence-corrected chi connectivity index (χ1v) is 7.06. The maximum atomic E-state index is 12.0. The quantitative estimate of drug-likeness (QED) is 0.615. The van der Waals surface area contributed by atoms with Gasteiger partial charge in [-0.1, -0.05) is 30.3 Å². The van der Waals surface area contributed by atoms with Crippen LogP contribution in [0.5, 0.6) is 0 Å². The summed E-state index contributed by atoms with van der Waals surface area (Å²) >= 11 is 0. The summed E-state index contributed by atoms with van der Waals surface area (Å²) in [5.74, 6) is -2.31. The van der Waals surface area contributed by atoms with Gasteiger partial charge in [0.05, 0.1) is 0 Å². The van der Waals surface area contributed by atoms with Gasteiger partial charge in [0, 0.05) is 6.54 Å². The lowest BCUT2D eigenvalue weighted by Gasteiger charge is -2.20. The van der Waals surface area contributed by atoms with Gasteiger partial charge in [0.1, 0.15) is 19.2 Å². The molecule has 0 aliphatic heterocycles. The zero-order valence-corrected chi connectivity index (χ0v) is 12.6. The number of carbonyl (C=O) groups is 3. The van der Waals surface area contributed by atoms with Crippen LogP contribution in [0, 0.1) is 0 Å². The predicted molar refractivity (Wildman–Crippen MR) is 80.7 cm³/mol. The Hall–Kier alpha value is -2.61. The van der Waals surface area contributed by atoms with Crippen LogP contribution in [-0.2, 0) is 20.9 Å². The average Bonchev–Trinajstić information content (AvgIpc) is 2.52. The van der Waals surface area contributed by atoms with E-state index in [2.05, 4.69) is 0 Å². The molecule has 23 heavy (non-hydrogen) atoms. The molecule has 0 fully saturated rings. The number of hydrogen-bond donors (Lipinski definition) is 3. The molecule has 0 radical (unpaired) electrons. The number of rotatable bonds is 9.